The summed E-state index contributed by atoms with van der Waals surface area (Å²) in [6, 6.07) is 19.0. The molecule has 9 heteroatoms. The monoisotopic (exact) mass is 583 g/mol. The summed E-state index contributed by atoms with van der Waals surface area (Å²) in [5, 5.41) is 7.36. The minimum Gasteiger partial charge on any atom is -0.490 e. The van der Waals surface area contributed by atoms with Crippen molar-refractivity contribution in [2.75, 3.05) is 18.5 Å². The largest absolute Gasteiger partial charge is 0.490 e. The molecule has 4 rings (SSSR count). The standard InChI is InChI=1S/C34H41N5O4/c1-4-25-23(20-38-34(41)27(35)16-15-22-11-8-7-9-12-22)13-10-14-28(25)39-33-24(17-32(36)40)21-37-29-19-31(43-6-3)30(42-5-2)18-26(29)33/h7-14,18-19,21,27H,4-6,15-17,20,35H2,1-3H3,(H2,36,40)(H,37,39)(H,38,41)/t27-/m1/s1. The summed E-state index contributed by atoms with van der Waals surface area (Å²) in [5.74, 6) is 0.547. The highest BCUT2D eigenvalue weighted by molar-refractivity contribution is 5.98. The SMILES string of the molecule is CCOc1cc2ncc(CC(N)=O)c(Nc3cccc(CNC(=O)[C@H](N)CCc4ccccc4)c3CC)c2cc1OCC. The molecule has 226 valence electrons. The van der Waals surface area contributed by atoms with E-state index in [1.807, 2.05) is 74.5 Å². The van der Waals surface area contributed by atoms with Crippen LogP contribution >= 0.6 is 0 Å². The van der Waals surface area contributed by atoms with Crippen LogP contribution in [0.2, 0.25) is 0 Å². The predicted octanol–water partition coefficient (Wildman–Crippen LogP) is 4.94. The molecule has 1 heterocycles. The highest BCUT2D eigenvalue weighted by Crippen LogP contribution is 2.38. The van der Waals surface area contributed by atoms with E-state index in [1.165, 1.54) is 0 Å². The second kappa shape index (κ2) is 15.0. The van der Waals surface area contributed by atoms with Gasteiger partial charge in [0.25, 0.3) is 0 Å². The van der Waals surface area contributed by atoms with Crippen LogP contribution in [-0.2, 0) is 35.4 Å². The minimum atomic E-state index is -0.604. The number of benzene rings is 3. The van der Waals surface area contributed by atoms with Crippen molar-refractivity contribution in [2.24, 2.45) is 11.5 Å². The number of fused-ring (bicyclic) bond motifs is 1. The first-order valence-electron chi connectivity index (χ1n) is 14.8. The number of aryl methyl sites for hydroxylation is 1. The van der Waals surface area contributed by atoms with Crippen LogP contribution in [0.3, 0.4) is 0 Å². The van der Waals surface area contributed by atoms with Crippen LogP contribution < -0.4 is 31.6 Å². The molecule has 0 spiro atoms. The number of anilines is 2. The van der Waals surface area contributed by atoms with Crippen LogP contribution in [0.1, 0.15) is 49.4 Å². The third-order valence-electron chi connectivity index (χ3n) is 7.24. The molecule has 0 saturated carbocycles. The number of pyridine rings is 1. The third-order valence-corrected chi connectivity index (χ3v) is 7.24. The maximum atomic E-state index is 12.8. The number of primary amides is 1. The Morgan fingerprint density at radius 1 is 0.930 bits per heavy atom. The number of aromatic nitrogens is 1. The molecule has 0 radical (unpaired) electrons. The van der Waals surface area contributed by atoms with Crippen molar-refractivity contribution in [2.45, 2.75) is 59.0 Å². The maximum absolute atomic E-state index is 12.8. The number of carbonyl (C=O) groups is 2. The van der Waals surface area contributed by atoms with Crippen molar-refractivity contribution in [3.63, 3.8) is 0 Å². The lowest BCUT2D eigenvalue weighted by Crippen LogP contribution is -2.40. The van der Waals surface area contributed by atoms with Gasteiger partial charge in [0.2, 0.25) is 11.8 Å². The Morgan fingerprint density at radius 2 is 1.65 bits per heavy atom. The molecule has 0 aliphatic carbocycles. The molecular weight excluding hydrogens is 542 g/mol. The van der Waals surface area contributed by atoms with Gasteiger partial charge in [-0.15, -0.1) is 0 Å². The van der Waals surface area contributed by atoms with E-state index in [-0.39, 0.29) is 12.3 Å². The summed E-state index contributed by atoms with van der Waals surface area (Å²) in [6.07, 6.45) is 3.68. The summed E-state index contributed by atoms with van der Waals surface area (Å²) in [6.45, 7) is 7.18. The number of amides is 2. The molecule has 1 aromatic heterocycles. The van der Waals surface area contributed by atoms with Crippen LogP contribution in [0.5, 0.6) is 11.5 Å². The molecule has 4 aromatic rings. The van der Waals surface area contributed by atoms with Gasteiger partial charge in [-0.2, -0.15) is 0 Å². The van der Waals surface area contributed by atoms with Crippen LogP contribution in [-0.4, -0.2) is 36.1 Å². The number of carbonyl (C=O) groups excluding carboxylic acids is 2. The van der Waals surface area contributed by atoms with Crippen molar-refractivity contribution in [1.82, 2.24) is 10.3 Å². The van der Waals surface area contributed by atoms with E-state index < -0.39 is 11.9 Å². The number of hydrogen-bond donors (Lipinski definition) is 4. The van der Waals surface area contributed by atoms with Crippen LogP contribution in [0.4, 0.5) is 11.4 Å². The van der Waals surface area contributed by atoms with Crippen molar-refractivity contribution >= 4 is 34.1 Å². The van der Waals surface area contributed by atoms with E-state index in [9.17, 15) is 9.59 Å². The van der Waals surface area contributed by atoms with Gasteiger partial charge in [0.1, 0.15) is 0 Å². The Hall–Kier alpha value is -4.63. The van der Waals surface area contributed by atoms with Gasteiger partial charge in [-0.3, -0.25) is 14.6 Å². The van der Waals surface area contributed by atoms with Crippen molar-refractivity contribution in [1.29, 1.82) is 0 Å². The zero-order valence-electron chi connectivity index (χ0n) is 25.1. The number of nitrogens with zero attached hydrogens (tertiary/aromatic N) is 1. The quantitative estimate of drug-likeness (QED) is 0.155. The lowest BCUT2D eigenvalue weighted by atomic mass is 10.0. The normalized spacial score (nSPS) is 11.6. The van der Waals surface area contributed by atoms with Crippen molar-refractivity contribution < 1.29 is 19.1 Å². The van der Waals surface area contributed by atoms with Gasteiger partial charge in [0.15, 0.2) is 11.5 Å². The minimum absolute atomic E-state index is 0.0144. The summed E-state index contributed by atoms with van der Waals surface area (Å²) >= 11 is 0. The topological polar surface area (TPSA) is 142 Å². The van der Waals surface area contributed by atoms with E-state index in [2.05, 4.69) is 22.5 Å². The molecule has 0 aliphatic heterocycles. The summed E-state index contributed by atoms with van der Waals surface area (Å²) < 4.78 is 11.7. The average Bonchev–Trinajstić information content (AvgIpc) is 3.00. The molecule has 0 aliphatic rings. The molecule has 0 bridgehead atoms. The number of nitrogens with one attached hydrogen (secondary N) is 2. The van der Waals surface area contributed by atoms with Crippen LogP contribution in [0, 0.1) is 0 Å². The fourth-order valence-corrected chi connectivity index (χ4v) is 5.13. The number of rotatable bonds is 15. The fraction of sp³-hybridized carbons (Fsp3) is 0.324. The summed E-state index contributed by atoms with van der Waals surface area (Å²) in [5.41, 5.74) is 17.9. The highest BCUT2D eigenvalue weighted by Gasteiger charge is 2.18. The molecule has 2 amide bonds. The van der Waals surface area contributed by atoms with Gasteiger partial charge in [-0.05, 0) is 61.9 Å². The zero-order chi connectivity index (χ0) is 30.8. The van der Waals surface area contributed by atoms with Gasteiger partial charge >= 0.3 is 0 Å². The first-order valence-corrected chi connectivity index (χ1v) is 14.8. The first-order chi connectivity index (χ1) is 20.8. The van der Waals surface area contributed by atoms with E-state index >= 15 is 0 Å². The molecule has 0 fully saturated rings. The second-order valence-electron chi connectivity index (χ2n) is 10.3. The molecular formula is C34H41N5O4. The Morgan fingerprint density at radius 3 is 2.33 bits per heavy atom. The summed E-state index contributed by atoms with van der Waals surface area (Å²) in [4.78, 5) is 29.4. The number of ether oxygens (including phenoxy) is 2. The lowest BCUT2D eigenvalue weighted by molar-refractivity contribution is -0.122. The lowest BCUT2D eigenvalue weighted by Gasteiger charge is -2.20. The van der Waals surface area contributed by atoms with Crippen molar-refractivity contribution in [3.05, 3.63) is 89.1 Å². The number of nitrogens with two attached hydrogens (primary N) is 2. The number of hydrogen-bond acceptors (Lipinski definition) is 7. The highest BCUT2D eigenvalue weighted by atomic mass is 16.5. The van der Waals surface area contributed by atoms with E-state index in [1.54, 1.807) is 6.20 Å². The van der Waals surface area contributed by atoms with Crippen LogP contribution in [0.15, 0.2) is 66.9 Å². The second-order valence-corrected chi connectivity index (χ2v) is 10.3. The van der Waals surface area contributed by atoms with E-state index in [4.69, 9.17) is 20.9 Å². The smallest absolute Gasteiger partial charge is 0.237 e. The van der Waals surface area contributed by atoms with Crippen molar-refractivity contribution in [3.8, 4) is 11.5 Å². The van der Waals surface area contributed by atoms with Crippen LogP contribution in [0.25, 0.3) is 10.9 Å². The molecule has 6 N–H and O–H groups in total. The Kier molecular flexibility index (Phi) is 10.9. The molecule has 3 aromatic carbocycles. The first kappa shape index (κ1) is 31.3. The summed E-state index contributed by atoms with van der Waals surface area (Å²) in [7, 11) is 0. The molecule has 0 saturated heterocycles. The third kappa shape index (κ3) is 8.02. The van der Waals surface area contributed by atoms with Gasteiger partial charge in [0, 0.05) is 35.4 Å². The zero-order valence-corrected chi connectivity index (χ0v) is 25.1. The van der Waals surface area contributed by atoms with Gasteiger partial charge < -0.3 is 31.6 Å². The fourth-order valence-electron chi connectivity index (χ4n) is 5.13. The Balaban J connectivity index is 1.61. The van der Waals surface area contributed by atoms with Gasteiger partial charge in [-0.1, -0.05) is 49.4 Å². The van der Waals surface area contributed by atoms with Gasteiger partial charge in [0.05, 0.1) is 36.9 Å². The van der Waals surface area contributed by atoms with E-state index in [0.29, 0.717) is 60.9 Å². The van der Waals surface area contributed by atoms with Gasteiger partial charge in [-0.25, -0.2) is 0 Å². The predicted molar refractivity (Wildman–Crippen MR) is 171 cm³/mol. The molecule has 1 atom stereocenters. The Bertz CT molecular complexity index is 1560. The molecule has 9 nitrogen and oxygen atoms in total. The average molecular weight is 584 g/mol. The molecule has 0 unspecified atom stereocenters. The Labute approximate surface area is 253 Å². The van der Waals surface area contributed by atoms with E-state index in [0.717, 1.165) is 34.2 Å². The molecule has 43 heavy (non-hydrogen) atoms. The maximum Gasteiger partial charge on any atom is 0.237 e.